The van der Waals surface area contributed by atoms with Gasteiger partial charge in [-0.05, 0) is 43.5 Å². The van der Waals surface area contributed by atoms with Crippen molar-refractivity contribution in [3.05, 3.63) is 34.3 Å². The van der Waals surface area contributed by atoms with Crippen molar-refractivity contribution in [3.63, 3.8) is 0 Å². The Kier molecular flexibility index (Phi) is 5.57. The molecule has 2 N–H and O–H groups in total. The molecule has 1 aromatic rings. The molecule has 5 heteroatoms. The van der Waals surface area contributed by atoms with E-state index in [1.165, 1.54) is 0 Å². The predicted molar refractivity (Wildman–Crippen MR) is 82.3 cm³/mol. The highest BCUT2D eigenvalue weighted by atomic mass is 79.9. The first-order chi connectivity index (χ1) is 9.58. The Balaban J connectivity index is 1.81. The fourth-order valence-electron chi connectivity index (χ4n) is 2.53. The lowest BCUT2D eigenvalue weighted by atomic mass is 10.1. The third-order valence-electron chi connectivity index (χ3n) is 3.74. The maximum atomic E-state index is 12.0. The molecule has 0 radical (unpaired) electrons. The van der Waals surface area contributed by atoms with Gasteiger partial charge in [-0.3, -0.25) is 9.69 Å². The van der Waals surface area contributed by atoms with Crippen LogP contribution in [0.4, 0.5) is 0 Å². The van der Waals surface area contributed by atoms with Gasteiger partial charge in [0.15, 0.2) is 0 Å². The van der Waals surface area contributed by atoms with E-state index in [2.05, 4.69) is 26.1 Å². The van der Waals surface area contributed by atoms with Crippen LogP contribution in [0.1, 0.15) is 24.9 Å². The van der Waals surface area contributed by atoms with Crippen LogP contribution >= 0.6 is 15.9 Å². The van der Waals surface area contributed by atoms with Crippen LogP contribution < -0.4 is 5.32 Å². The van der Waals surface area contributed by atoms with Crippen LogP contribution in [0.15, 0.2) is 28.7 Å². The largest absolute Gasteiger partial charge is 0.396 e. The van der Waals surface area contributed by atoms with E-state index in [0.717, 1.165) is 29.5 Å². The van der Waals surface area contributed by atoms with Crippen molar-refractivity contribution < 1.29 is 9.90 Å². The van der Waals surface area contributed by atoms with E-state index >= 15 is 0 Å². The monoisotopic (exact) mass is 340 g/mol. The number of aliphatic hydroxyl groups is 1. The molecule has 110 valence electrons. The van der Waals surface area contributed by atoms with Crippen molar-refractivity contribution in [3.8, 4) is 0 Å². The van der Waals surface area contributed by atoms with Crippen molar-refractivity contribution in [2.45, 2.75) is 19.4 Å². The minimum Gasteiger partial charge on any atom is -0.396 e. The maximum Gasteiger partial charge on any atom is 0.234 e. The second-order valence-corrected chi connectivity index (χ2v) is 6.33. The van der Waals surface area contributed by atoms with E-state index in [4.69, 9.17) is 5.11 Å². The molecule has 20 heavy (non-hydrogen) atoms. The van der Waals surface area contributed by atoms with E-state index in [9.17, 15) is 4.79 Å². The molecule has 1 amide bonds. The maximum absolute atomic E-state index is 12.0. The standard InChI is InChI=1S/C15H21BrN2O2/c1-11(13-2-4-14(16)5-3-13)17-15(20)9-18-7-6-12(8-18)10-19/h2-5,11-12,19H,6-10H2,1H3,(H,17,20). The van der Waals surface area contributed by atoms with E-state index in [1.807, 2.05) is 31.2 Å². The zero-order valence-corrected chi connectivity index (χ0v) is 13.3. The van der Waals surface area contributed by atoms with Gasteiger partial charge in [-0.2, -0.15) is 0 Å². The average molecular weight is 341 g/mol. The Labute approximate surface area is 128 Å². The number of hydrogen-bond acceptors (Lipinski definition) is 3. The fraction of sp³-hybridized carbons (Fsp3) is 0.533. The first kappa shape index (κ1) is 15.5. The normalized spacial score (nSPS) is 20.9. The average Bonchev–Trinajstić information content (AvgIpc) is 2.86. The summed E-state index contributed by atoms with van der Waals surface area (Å²) in [5.41, 5.74) is 1.09. The first-order valence-corrected chi connectivity index (χ1v) is 7.76. The number of rotatable bonds is 5. The van der Waals surface area contributed by atoms with Gasteiger partial charge >= 0.3 is 0 Å². The second-order valence-electron chi connectivity index (χ2n) is 5.41. The summed E-state index contributed by atoms with van der Waals surface area (Å²) in [5, 5.41) is 12.1. The molecule has 0 spiro atoms. The highest BCUT2D eigenvalue weighted by Crippen LogP contribution is 2.17. The van der Waals surface area contributed by atoms with E-state index in [-0.39, 0.29) is 18.6 Å². The molecule has 1 saturated heterocycles. The Bertz CT molecular complexity index is 450. The summed E-state index contributed by atoms with van der Waals surface area (Å²) in [6.45, 7) is 4.33. The molecule has 2 unspecified atom stereocenters. The lowest BCUT2D eigenvalue weighted by Crippen LogP contribution is -2.37. The smallest absolute Gasteiger partial charge is 0.234 e. The third-order valence-corrected chi connectivity index (χ3v) is 4.27. The minimum atomic E-state index is 0.00634. The molecule has 1 aromatic carbocycles. The third kappa shape index (κ3) is 4.30. The van der Waals surface area contributed by atoms with Crippen LogP contribution in [0.25, 0.3) is 0 Å². The molecule has 2 atom stereocenters. The number of nitrogens with zero attached hydrogens (tertiary/aromatic N) is 1. The van der Waals surface area contributed by atoms with Gasteiger partial charge in [0.05, 0.1) is 12.6 Å². The van der Waals surface area contributed by atoms with Crippen LogP contribution in [0.3, 0.4) is 0 Å². The van der Waals surface area contributed by atoms with Gasteiger partial charge in [-0.25, -0.2) is 0 Å². The van der Waals surface area contributed by atoms with Crippen LogP contribution in [-0.4, -0.2) is 42.2 Å². The summed E-state index contributed by atoms with van der Waals surface area (Å²) in [6, 6.07) is 7.97. The van der Waals surface area contributed by atoms with Crippen LogP contribution in [-0.2, 0) is 4.79 Å². The van der Waals surface area contributed by atoms with E-state index in [1.54, 1.807) is 0 Å². The van der Waals surface area contributed by atoms with Gasteiger partial charge in [0.2, 0.25) is 5.91 Å². The molecule has 1 aliphatic heterocycles. The van der Waals surface area contributed by atoms with Gasteiger partial charge in [-0.1, -0.05) is 28.1 Å². The number of aliphatic hydroxyl groups excluding tert-OH is 1. The Hall–Kier alpha value is -0.910. The topological polar surface area (TPSA) is 52.6 Å². The summed E-state index contributed by atoms with van der Waals surface area (Å²) in [7, 11) is 0. The molecule has 4 nitrogen and oxygen atoms in total. The van der Waals surface area contributed by atoms with Crippen molar-refractivity contribution in [1.29, 1.82) is 0 Å². The molecule has 0 aliphatic carbocycles. The molecular weight excluding hydrogens is 320 g/mol. The van der Waals surface area contributed by atoms with E-state index in [0.29, 0.717) is 12.5 Å². The number of likely N-dealkylation sites (tertiary alicyclic amines) is 1. The summed E-state index contributed by atoms with van der Waals surface area (Å²) in [6.07, 6.45) is 0.978. The van der Waals surface area contributed by atoms with E-state index < -0.39 is 0 Å². The van der Waals surface area contributed by atoms with Gasteiger partial charge < -0.3 is 10.4 Å². The zero-order valence-electron chi connectivity index (χ0n) is 11.7. The molecule has 0 bridgehead atoms. The van der Waals surface area contributed by atoms with Crippen molar-refractivity contribution >= 4 is 21.8 Å². The lowest BCUT2D eigenvalue weighted by molar-refractivity contribution is -0.122. The number of carbonyl (C=O) groups excluding carboxylic acids is 1. The summed E-state index contributed by atoms with van der Waals surface area (Å²) >= 11 is 3.40. The molecule has 1 fully saturated rings. The zero-order chi connectivity index (χ0) is 14.5. The number of carbonyl (C=O) groups is 1. The SMILES string of the molecule is CC(NC(=O)CN1CCC(CO)C1)c1ccc(Br)cc1. The van der Waals surface area contributed by atoms with Crippen molar-refractivity contribution in [1.82, 2.24) is 10.2 Å². The molecule has 2 rings (SSSR count). The molecule has 1 heterocycles. The fourth-order valence-corrected chi connectivity index (χ4v) is 2.79. The molecule has 1 aliphatic rings. The Morgan fingerprint density at radius 3 is 2.80 bits per heavy atom. The number of nitrogens with one attached hydrogen (secondary N) is 1. The Morgan fingerprint density at radius 2 is 2.20 bits per heavy atom. The highest BCUT2D eigenvalue weighted by Gasteiger charge is 2.23. The number of halogens is 1. The summed E-state index contributed by atoms with van der Waals surface area (Å²) in [4.78, 5) is 14.1. The second kappa shape index (κ2) is 7.20. The van der Waals surface area contributed by atoms with Crippen LogP contribution in [0, 0.1) is 5.92 Å². The first-order valence-electron chi connectivity index (χ1n) is 6.96. The minimum absolute atomic E-state index is 0.00634. The summed E-state index contributed by atoms with van der Waals surface area (Å²) < 4.78 is 1.03. The van der Waals surface area contributed by atoms with Gasteiger partial charge in [0.25, 0.3) is 0 Å². The Morgan fingerprint density at radius 1 is 1.50 bits per heavy atom. The number of amides is 1. The number of benzene rings is 1. The van der Waals surface area contributed by atoms with Gasteiger partial charge in [0.1, 0.15) is 0 Å². The molecule has 0 aromatic heterocycles. The van der Waals surface area contributed by atoms with Crippen LogP contribution in [0.5, 0.6) is 0 Å². The van der Waals surface area contributed by atoms with Crippen molar-refractivity contribution in [2.75, 3.05) is 26.2 Å². The number of hydrogen-bond donors (Lipinski definition) is 2. The summed E-state index contributed by atoms with van der Waals surface area (Å²) in [5.74, 6) is 0.366. The van der Waals surface area contributed by atoms with Crippen LogP contribution in [0.2, 0.25) is 0 Å². The highest BCUT2D eigenvalue weighted by molar-refractivity contribution is 9.10. The van der Waals surface area contributed by atoms with Crippen molar-refractivity contribution in [2.24, 2.45) is 5.92 Å². The quantitative estimate of drug-likeness (QED) is 0.861. The molecular formula is C15H21BrN2O2. The predicted octanol–water partition coefficient (Wildman–Crippen LogP) is 1.94. The molecule has 0 saturated carbocycles. The lowest BCUT2D eigenvalue weighted by Gasteiger charge is -2.18. The van der Waals surface area contributed by atoms with Gasteiger partial charge in [-0.15, -0.1) is 0 Å². The van der Waals surface area contributed by atoms with Gasteiger partial charge in [0, 0.05) is 17.6 Å².